The highest BCUT2D eigenvalue weighted by molar-refractivity contribution is 6.00. The minimum atomic E-state index is -0.137. The molecule has 0 aromatic heterocycles. The number of hydrogen-bond donors (Lipinski definition) is 0. The largest absolute Gasteiger partial charge is 0.462 e. The summed E-state index contributed by atoms with van der Waals surface area (Å²) in [5.74, 6) is 3.05. The predicted octanol–water partition coefficient (Wildman–Crippen LogP) is 7.92. The highest BCUT2D eigenvalue weighted by atomic mass is 16.5. The van der Waals surface area contributed by atoms with Crippen molar-refractivity contribution in [2.75, 3.05) is 0 Å². The van der Waals surface area contributed by atoms with Crippen molar-refractivity contribution >= 4 is 11.8 Å². The van der Waals surface area contributed by atoms with Gasteiger partial charge in [-0.05, 0) is 103 Å². The molecule has 34 heavy (non-hydrogen) atoms. The van der Waals surface area contributed by atoms with Gasteiger partial charge in [-0.3, -0.25) is 9.59 Å². The molecule has 192 valence electrons. The van der Waals surface area contributed by atoms with Gasteiger partial charge in [-0.1, -0.05) is 60.5 Å². The van der Waals surface area contributed by atoms with Gasteiger partial charge in [-0.25, -0.2) is 0 Å². The molecule has 3 heteroatoms. The Hall–Kier alpha value is -1.12. The minimum absolute atomic E-state index is 0.0815. The summed E-state index contributed by atoms with van der Waals surface area (Å²) in [6, 6.07) is 0. The lowest BCUT2D eigenvalue weighted by Crippen LogP contribution is -2.54. The molecule has 0 heterocycles. The summed E-state index contributed by atoms with van der Waals surface area (Å²) in [5, 5.41) is 0. The number of carbonyl (C=O) groups excluding carboxylic acids is 2. The van der Waals surface area contributed by atoms with Gasteiger partial charge in [0.2, 0.25) is 0 Å². The van der Waals surface area contributed by atoms with Gasteiger partial charge >= 0.3 is 5.97 Å². The molecule has 8 atom stereocenters. The molecular formula is C31H50O3. The van der Waals surface area contributed by atoms with Gasteiger partial charge in [0.15, 0.2) is 5.78 Å². The minimum Gasteiger partial charge on any atom is -0.462 e. The summed E-state index contributed by atoms with van der Waals surface area (Å²) >= 11 is 0. The molecule has 0 aliphatic heterocycles. The van der Waals surface area contributed by atoms with E-state index in [9.17, 15) is 9.59 Å². The number of fused-ring (bicyclic) bond motifs is 3. The molecule has 0 N–H and O–H groups in total. The highest BCUT2D eigenvalue weighted by Crippen LogP contribution is 2.68. The summed E-state index contributed by atoms with van der Waals surface area (Å²) in [6.45, 7) is 18.2. The number of ether oxygens (including phenoxy) is 1. The van der Waals surface area contributed by atoms with E-state index < -0.39 is 0 Å². The highest BCUT2D eigenvalue weighted by Gasteiger charge is 2.60. The van der Waals surface area contributed by atoms with Gasteiger partial charge in [0.05, 0.1) is 0 Å². The van der Waals surface area contributed by atoms with Crippen LogP contribution in [0.5, 0.6) is 0 Å². The first kappa shape index (κ1) is 26.0. The molecule has 0 aromatic rings. The number of allylic oxidation sites excluding steroid dienone is 2. The lowest BCUT2D eigenvalue weighted by Gasteiger charge is -2.62. The number of carbonyl (C=O) groups is 2. The van der Waals surface area contributed by atoms with Crippen LogP contribution in [0, 0.1) is 45.8 Å². The first-order valence-corrected chi connectivity index (χ1v) is 14.3. The second-order valence-corrected chi connectivity index (χ2v) is 13.8. The average molecular weight is 471 g/mol. The average Bonchev–Trinajstić information content (AvgIpc) is 3.00. The van der Waals surface area contributed by atoms with Crippen LogP contribution < -0.4 is 0 Å². The van der Waals surface area contributed by atoms with E-state index in [0.29, 0.717) is 46.2 Å². The number of hydrogen-bond acceptors (Lipinski definition) is 3. The van der Waals surface area contributed by atoms with Crippen molar-refractivity contribution in [1.82, 2.24) is 0 Å². The van der Waals surface area contributed by atoms with Crippen LogP contribution in [0.2, 0.25) is 0 Å². The molecule has 0 aromatic carbocycles. The molecule has 8 unspecified atom stereocenters. The molecule has 3 nitrogen and oxygen atoms in total. The van der Waals surface area contributed by atoms with Crippen LogP contribution in [0.25, 0.3) is 0 Å². The van der Waals surface area contributed by atoms with Crippen molar-refractivity contribution in [1.29, 1.82) is 0 Å². The Labute approximate surface area is 208 Å². The maximum Gasteiger partial charge on any atom is 0.302 e. The van der Waals surface area contributed by atoms with Crippen LogP contribution in [-0.2, 0) is 14.3 Å². The molecule has 0 radical (unpaired) electrons. The first-order valence-electron chi connectivity index (χ1n) is 14.3. The topological polar surface area (TPSA) is 43.4 Å². The third-order valence-electron chi connectivity index (χ3n) is 11.0. The predicted molar refractivity (Wildman–Crippen MR) is 138 cm³/mol. The number of ketones is 1. The van der Waals surface area contributed by atoms with E-state index in [4.69, 9.17) is 4.74 Å². The van der Waals surface area contributed by atoms with Crippen molar-refractivity contribution < 1.29 is 14.3 Å². The Balaban J connectivity index is 1.67. The van der Waals surface area contributed by atoms with Crippen LogP contribution in [0.3, 0.4) is 0 Å². The Morgan fingerprint density at radius 1 is 1.09 bits per heavy atom. The van der Waals surface area contributed by atoms with E-state index in [0.717, 1.165) is 25.7 Å². The fraction of sp³-hybridized carbons (Fsp3) is 0.871. The van der Waals surface area contributed by atoms with Crippen molar-refractivity contribution in [3.8, 4) is 0 Å². The lowest BCUT2D eigenvalue weighted by atomic mass is 9.43. The van der Waals surface area contributed by atoms with Gasteiger partial charge in [0.1, 0.15) is 6.10 Å². The van der Waals surface area contributed by atoms with Crippen LogP contribution in [-0.4, -0.2) is 17.9 Å². The standard InChI is InChI=1S/C31H50O3/c1-9-14-31(8)23-12-15-30(7)18-24(33)27(19(2)3)28(30)22(23)10-11-26(31)29(6)16-13-25(20(4)17-29)34-21(5)32/h19-20,22-23,25-26H,9-18H2,1-8H3. The summed E-state index contributed by atoms with van der Waals surface area (Å²) in [7, 11) is 0. The zero-order chi connectivity index (χ0) is 25.1. The fourth-order valence-electron chi connectivity index (χ4n) is 9.94. The molecule has 3 saturated carbocycles. The summed E-state index contributed by atoms with van der Waals surface area (Å²) in [4.78, 5) is 24.8. The molecule has 4 rings (SSSR count). The molecule has 0 bridgehead atoms. The maximum absolute atomic E-state index is 13.2. The second kappa shape index (κ2) is 9.07. The van der Waals surface area contributed by atoms with E-state index in [-0.39, 0.29) is 17.5 Å². The van der Waals surface area contributed by atoms with Crippen LogP contribution in [0.4, 0.5) is 0 Å². The van der Waals surface area contributed by atoms with Crippen LogP contribution in [0.1, 0.15) is 120 Å². The van der Waals surface area contributed by atoms with E-state index in [2.05, 4.69) is 48.5 Å². The quantitative estimate of drug-likeness (QED) is 0.383. The zero-order valence-corrected chi connectivity index (χ0v) is 23.3. The smallest absolute Gasteiger partial charge is 0.302 e. The summed E-state index contributed by atoms with van der Waals surface area (Å²) in [6.07, 6.45) is 11.6. The third kappa shape index (κ3) is 4.11. The maximum atomic E-state index is 13.2. The van der Waals surface area contributed by atoms with Crippen LogP contribution >= 0.6 is 0 Å². The van der Waals surface area contributed by atoms with E-state index in [1.165, 1.54) is 44.1 Å². The van der Waals surface area contributed by atoms with E-state index in [1.54, 1.807) is 12.5 Å². The summed E-state index contributed by atoms with van der Waals surface area (Å²) < 4.78 is 5.70. The van der Waals surface area contributed by atoms with Gasteiger partial charge in [-0.15, -0.1) is 0 Å². The molecular weight excluding hydrogens is 420 g/mol. The molecule has 3 fully saturated rings. The van der Waals surface area contributed by atoms with Gasteiger partial charge in [0.25, 0.3) is 0 Å². The first-order chi connectivity index (χ1) is 15.9. The van der Waals surface area contributed by atoms with E-state index >= 15 is 0 Å². The van der Waals surface area contributed by atoms with Crippen molar-refractivity contribution in [2.45, 2.75) is 126 Å². The van der Waals surface area contributed by atoms with Gasteiger partial charge in [-0.2, -0.15) is 0 Å². The SMILES string of the molecule is CCCC1(C)C2CCC3(C)CC(=O)C(C(C)C)=C3C2CCC1C1(C)CCC(OC(C)=O)C(C)C1. The lowest BCUT2D eigenvalue weighted by molar-refractivity contribution is -0.158. The van der Waals surface area contributed by atoms with Crippen molar-refractivity contribution in [3.05, 3.63) is 11.1 Å². The van der Waals surface area contributed by atoms with Crippen molar-refractivity contribution in [2.24, 2.45) is 45.8 Å². The Bertz CT molecular complexity index is 855. The second-order valence-electron chi connectivity index (χ2n) is 13.8. The Morgan fingerprint density at radius 2 is 1.79 bits per heavy atom. The number of Topliss-reactive ketones (excluding diaryl/α,β-unsaturated/α-hetero) is 1. The Kier molecular flexibility index (Phi) is 6.93. The third-order valence-corrected chi connectivity index (χ3v) is 11.0. The van der Waals surface area contributed by atoms with E-state index in [1.807, 2.05) is 0 Å². The molecule has 0 amide bonds. The summed E-state index contributed by atoms with van der Waals surface area (Å²) in [5.41, 5.74) is 3.51. The van der Waals surface area contributed by atoms with Crippen LogP contribution in [0.15, 0.2) is 11.1 Å². The monoisotopic (exact) mass is 470 g/mol. The Morgan fingerprint density at radius 3 is 2.38 bits per heavy atom. The normalized spacial score (nSPS) is 44.7. The number of esters is 1. The molecule has 0 spiro atoms. The van der Waals surface area contributed by atoms with Gasteiger partial charge in [0, 0.05) is 13.3 Å². The molecule has 4 aliphatic carbocycles. The number of rotatable bonds is 5. The van der Waals surface area contributed by atoms with Gasteiger partial charge < -0.3 is 4.74 Å². The van der Waals surface area contributed by atoms with Crippen molar-refractivity contribution in [3.63, 3.8) is 0 Å². The molecule has 0 saturated heterocycles. The fourth-order valence-corrected chi connectivity index (χ4v) is 9.94. The zero-order valence-electron chi connectivity index (χ0n) is 23.3. The molecule has 4 aliphatic rings.